The minimum absolute atomic E-state index is 0.0521. The third-order valence-corrected chi connectivity index (χ3v) is 15.0. The van der Waals surface area contributed by atoms with Crippen LogP contribution in [0.15, 0.2) is 47.8 Å². The maximum Gasteiger partial charge on any atom is 0.260 e. The van der Waals surface area contributed by atoms with Gasteiger partial charge in [0, 0.05) is 41.9 Å². The Morgan fingerprint density at radius 2 is 1.29 bits per heavy atom. The molecule has 0 unspecified atom stereocenters. The van der Waals surface area contributed by atoms with Gasteiger partial charge in [-0.15, -0.1) is 0 Å². The molecule has 0 fully saturated rings. The second-order valence-corrected chi connectivity index (χ2v) is 20.4. The highest BCUT2D eigenvalue weighted by molar-refractivity contribution is 6.74. The van der Waals surface area contributed by atoms with Crippen LogP contribution in [-0.2, 0) is 4.43 Å². The number of nitrogen functional groups attached to an aromatic ring is 2. The van der Waals surface area contributed by atoms with Crippen molar-refractivity contribution in [1.82, 2.24) is 9.80 Å². The van der Waals surface area contributed by atoms with Gasteiger partial charge in [-0.25, -0.2) is 0 Å². The number of methoxy groups -OCH3 is 1. The van der Waals surface area contributed by atoms with Crippen LogP contribution in [0.2, 0.25) is 18.1 Å². The van der Waals surface area contributed by atoms with Crippen molar-refractivity contribution in [3.63, 3.8) is 0 Å². The number of carbonyl (C=O) groups excluding carboxylic acids is 2. The molecule has 2 heterocycles. The fourth-order valence-corrected chi connectivity index (χ4v) is 7.32. The normalized spacial score (nSPS) is 17.8. The molecule has 2 aromatic carbocycles. The number of carbonyl (C=O) groups is 2. The SMILES string of the molecule is CC[C@@H]1CC(C)=CN1C(=O)c1cc(OC)c(OCCCCCOc2cc(N)c(C(=O)N3C=C(C)C[C@H]3CO[Si](C)(C)C(C)(C)C)cc2C)cc1N. The maximum atomic E-state index is 13.7. The lowest BCUT2D eigenvalue weighted by molar-refractivity contribution is 0.0737. The summed E-state index contributed by atoms with van der Waals surface area (Å²) in [6, 6.07) is 7.03. The van der Waals surface area contributed by atoms with Crippen LogP contribution in [-0.4, -0.2) is 68.9 Å². The molecule has 10 nitrogen and oxygen atoms in total. The van der Waals surface area contributed by atoms with Crippen molar-refractivity contribution >= 4 is 31.5 Å². The molecule has 2 aliphatic heterocycles. The summed E-state index contributed by atoms with van der Waals surface area (Å²) in [6.07, 6.45) is 8.85. The number of rotatable bonds is 15. The minimum Gasteiger partial charge on any atom is -0.493 e. The average molecular weight is 721 g/mol. The van der Waals surface area contributed by atoms with Gasteiger partial charge in [0.2, 0.25) is 0 Å². The van der Waals surface area contributed by atoms with Crippen molar-refractivity contribution in [3.8, 4) is 17.2 Å². The molecule has 2 aromatic rings. The first kappa shape index (κ1) is 39.8. The van der Waals surface area contributed by atoms with Gasteiger partial charge in [0.1, 0.15) is 5.75 Å². The van der Waals surface area contributed by atoms with E-state index in [1.54, 1.807) is 35.1 Å². The van der Waals surface area contributed by atoms with Gasteiger partial charge in [-0.1, -0.05) is 38.8 Å². The Hall–Kier alpha value is -3.96. The van der Waals surface area contributed by atoms with Crippen LogP contribution in [0.25, 0.3) is 0 Å². The molecular weight excluding hydrogens is 661 g/mol. The number of aryl methyl sites for hydroxylation is 1. The highest BCUT2D eigenvalue weighted by atomic mass is 28.4. The number of benzene rings is 2. The van der Waals surface area contributed by atoms with Crippen LogP contribution in [0.5, 0.6) is 17.2 Å². The van der Waals surface area contributed by atoms with Gasteiger partial charge >= 0.3 is 0 Å². The van der Waals surface area contributed by atoms with E-state index in [1.165, 1.54) is 5.57 Å². The molecule has 0 bridgehead atoms. The second-order valence-electron chi connectivity index (χ2n) is 15.6. The third kappa shape index (κ3) is 9.48. The molecule has 280 valence electrons. The van der Waals surface area contributed by atoms with Gasteiger partial charge in [0.05, 0.1) is 44.1 Å². The van der Waals surface area contributed by atoms with Crippen molar-refractivity contribution in [2.45, 2.75) is 117 Å². The van der Waals surface area contributed by atoms with Crippen LogP contribution in [0.3, 0.4) is 0 Å². The first-order valence-electron chi connectivity index (χ1n) is 18.2. The number of unbranched alkanes of at least 4 members (excludes halogenated alkanes) is 2. The van der Waals surface area contributed by atoms with E-state index < -0.39 is 8.32 Å². The molecule has 0 saturated heterocycles. The van der Waals surface area contributed by atoms with E-state index >= 15 is 0 Å². The fourth-order valence-electron chi connectivity index (χ4n) is 6.28. The largest absolute Gasteiger partial charge is 0.493 e. The zero-order chi connectivity index (χ0) is 37.7. The van der Waals surface area contributed by atoms with Crippen LogP contribution in [0.1, 0.15) is 106 Å². The standard InChI is InChI=1S/C40H60N4O6Si/c1-11-29-17-26(2)23-43(29)39(46)32-20-36(47-8)37(22-34(32)42)49-16-14-12-13-15-48-35-21-33(41)31(19-28(35)4)38(45)44-24-27(3)18-30(44)25-50-51(9,10)40(5,6)7/h19-24,29-30H,11-18,25,41-42H2,1-10H3/t29-,30+/m1/s1. The predicted octanol–water partition coefficient (Wildman–Crippen LogP) is 8.46. The number of ether oxygens (including phenoxy) is 3. The van der Waals surface area contributed by atoms with Gasteiger partial charge in [0.15, 0.2) is 19.8 Å². The Morgan fingerprint density at radius 1 is 0.784 bits per heavy atom. The van der Waals surface area contributed by atoms with Gasteiger partial charge in [-0.2, -0.15) is 0 Å². The van der Waals surface area contributed by atoms with Crippen molar-refractivity contribution in [2.24, 2.45) is 0 Å². The van der Waals surface area contributed by atoms with Crippen LogP contribution < -0.4 is 25.7 Å². The van der Waals surface area contributed by atoms with E-state index in [2.05, 4.69) is 40.8 Å². The van der Waals surface area contributed by atoms with Crippen molar-refractivity contribution < 1.29 is 28.2 Å². The van der Waals surface area contributed by atoms with E-state index in [4.69, 9.17) is 30.1 Å². The quantitative estimate of drug-likeness (QED) is 0.107. The van der Waals surface area contributed by atoms with Gasteiger partial charge in [0.25, 0.3) is 11.8 Å². The smallest absolute Gasteiger partial charge is 0.260 e. The molecule has 2 amide bonds. The molecule has 11 heteroatoms. The van der Waals surface area contributed by atoms with Gasteiger partial charge in [-0.05, 0) is 95.1 Å². The minimum atomic E-state index is -1.96. The zero-order valence-corrected chi connectivity index (χ0v) is 33.5. The Labute approximate surface area is 306 Å². The first-order valence-corrected chi connectivity index (χ1v) is 21.1. The number of amides is 2. The lowest BCUT2D eigenvalue weighted by Gasteiger charge is -2.38. The van der Waals surface area contributed by atoms with Crippen molar-refractivity contribution in [1.29, 1.82) is 0 Å². The highest BCUT2D eigenvalue weighted by Gasteiger charge is 2.39. The van der Waals surface area contributed by atoms with E-state index in [1.807, 2.05) is 39.2 Å². The number of hydrogen-bond donors (Lipinski definition) is 2. The monoisotopic (exact) mass is 720 g/mol. The average Bonchev–Trinajstić information content (AvgIpc) is 3.64. The molecule has 2 aliphatic rings. The predicted molar refractivity (Wildman–Crippen MR) is 208 cm³/mol. The Morgan fingerprint density at radius 3 is 1.84 bits per heavy atom. The Kier molecular flexibility index (Phi) is 12.9. The topological polar surface area (TPSA) is 130 Å². The summed E-state index contributed by atoms with van der Waals surface area (Å²) >= 11 is 0. The van der Waals surface area contributed by atoms with Crippen molar-refractivity contribution in [3.05, 3.63) is 64.5 Å². The summed E-state index contributed by atoms with van der Waals surface area (Å²) in [5.74, 6) is 1.41. The third-order valence-electron chi connectivity index (χ3n) is 10.5. The fraction of sp³-hybridized carbons (Fsp3) is 0.550. The lowest BCUT2D eigenvalue weighted by Crippen LogP contribution is -2.45. The Balaban J connectivity index is 1.26. The Bertz CT molecular complexity index is 1650. The highest BCUT2D eigenvalue weighted by Crippen LogP contribution is 2.38. The molecule has 0 radical (unpaired) electrons. The van der Waals surface area contributed by atoms with Crippen molar-refractivity contribution in [2.75, 3.05) is 38.4 Å². The van der Waals surface area contributed by atoms with E-state index in [-0.39, 0.29) is 28.9 Å². The second kappa shape index (κ2) is 16.6. The van der Waals surface area contributed by atoms with E-state index in [0.717, 1.165) is 49.7 Å². The molecule has 4 N–H and O–H groups in total. The number of nitrogens with two attached hydrogens (primary N) is 2. The van der Waals surface area contributed by atoms with Gasteiger partial charge in [-0.3, -0.25) is 9.59 Å². The van der Waals surface area contributed by atoms with Gasteiger partial charge < -0.3 is 39.9 Å². The molecule has 0 spiro atoms. The maximum absolute atomic E-state index is 13.7. The number of hydrogen-bond acceptors (Lipinski definition) is 8. The van der Waals surface area contributed by atoms with E-state index in [9.17, 15) is 9.59 Å². The van der Waals surface area contributed by atoms with E-state index in [0.29, 0.717) is 59.6 Å². The summed E-state index contributed by atoms with van der Waals surface area (Å²) in [5.41, 5.74) is 17.6. The molecule has 0 saturated carbocycles. The summed E-state index contributed by atoms with van der Waals surface area (Å²) in [7, 11) is -0.398. The van der Waals surface area contributed by atoms with Crippen LogP contribution >= 0.6 is 0 Å². The molecule has 0 aliphatic carbocycles. The molecular formula is C40H60N4O6Si. The summed E-state index contributed by atoms with van der Waals surface area (Å²) < 4.78 is 24.2. The van der Waals surface area contributed by atoms with Crippen LogP contribution in [0.4, 0.5) is 11.4 Å². The molecule has 4 rings (SSSR count). The first-order chi connectivity index (χ1) is 24.0. The molecule has 0 aromatic heterocycles. The number of anilines is 2. The zero-order valence-electron chi connectivity index (χ0n) is 32.5. The summed E-state index contributed by atoms with van der Waals surface area (Å²) in [5, 5.41) is 0.0944. The lowest BCUT2D eigenvalue weighted by atomic mass is 10.1. The summed E-state index contributed by atoms with van der Waals surface area (Å²) in [6.45, 7) is 20.7. The molecule has 2 atom stereocenters. The molecule has 51 heavy (non-hydrogen) atoms. The van der Waals surface area contributed by atoms with Crippen LogP contribution in [0, 0.1) is 6.92 Å². The summed E-state index contributed by atoms with van der Waals surface area (Å²) in [4.78, 5) is 30.6. The number of nitrogens with zero attached hydrogens (tertiary/aromatic N) is 2.